The normalized spacial score (nSPS) is 10.9. The molecule has 29 heavy (non-hydrogen) atoms. The van der Waals surface area contributed by atoms with E-state index in [4.69, 9.17) is 4.74 Å². The first-order valence-electron chi connectivity index (χ1n) is 13.1. The van der Waals surface area contributed by atoms with Gasteiger partial charge in [0.25, 0.3) is 0 Å². The summed E-state index contributed by atoms with van der Waals surface area (Å²) in [6.07, 6.45) is 30.1. The number of carbonyl (C=O) groups is 1. The van der Waals surface area contributed by atoms with E-state index in [1.54, 1.807) is 0 Å². The maximum absolute atomic E-state index is 11.7. The molecule has 0 unspecified atom stereocenters. The second kappa shape index (κ2) is 25.2. The zero-order chi connectivity index (χ0) is 21.3. The second-order valence-corrected chi connectivity index (χ2v) is 8.77. The molecule has 2 heteroatoms. The van der Waals surface area contributed by atoms with Gasteiger partial charge in [-0.1, -0.05) is 122 Å². The molecule has 0 bridgehead atoms. The predicted octanol–water partition coefficient (Wildman–Crippen LogP) is 9.32. The summed E-state index contributed by atoms with van der Waals surface area (Å²) in [6, 6.07) is 0. The topological polar surface area (TPSA) is 26.3 Å². The molecule has 0 saturated carbocycles. The van der Waals surface area contributed by atoms with E-state index in [-0.39, 0.29) is 5.97 Å². The van der Waals surface area contributed by atoms with Crippen LogP contribution in [0.25, 0.3) is 0 Å². The zero-order valence-electron chi connectivity index (χ0n) is 19.9. The largest absolute Gasteiger partial charge is 0.466 e. The van der Waals surface area contributed by atoms with E-state index in [1.807, 2.05) is 6.08 Å². The molecule has 0 aromatic rings. The number of carbonyl (C=O) groups excluding carboxylic acids is 1. The van der Waals surface area contributed by atoms with Gasteiger partial charge in [0.05, 0.1) is 6.61 Å². The Kier molecular flexibility index (Phi) is 24.6. The van der Waals surface area contributed by atoms with Crippen LogP contribution in [0.3, 0.4) is 0 Å². The molecule has 0 rings (SSSR count). The molecule has 0 saturated heterocycles. The Morgan fingerprint density at radius 3 is 1.52 bits per heavy atom. The van der Waals surface area contributed by atoms with Crippen LogP contribution < -0.4 is 0 Å². The van der Waals surface area contributed by atoms with E-state index in [2.05, 4.69) is 13.5 Å². The van der Waals surface area contributed by atoms with E-state index in [0.29, 0.717) is 13.0 Å². The van der Waals surface area contributed by atoms with Crippen molar-refractivity contribution in [2.24, 2.45) is 0 Å². The Morgan fingerprint density at radius 2 is 1.03 bits per heavy atom. The van der Waals surface area contributed by atoms with Gasteiger partial charge >= 0.3 is 5.97 Å². The summed E-state index contributed by atoms with van der Waals surface area (Å²) in [5.74, 6) is -0.00493. The fourth-order valence-corrected chi connectivity index (χ4v) is 3.82. The lowest BCUT2D eigenvalue weighted by molar-refractivity contribution is -0.143. The summed E-state index contributed by atoms with van der Waals surface area (Å²) >= 11 is 0. The first-order chi connectivity index (χ1) is 14.3. The average molecular weight is 409 g/mol. The van der Waals surface area contributed by atoms with E-state index < -0.39 is 0 Å². The van der Waals surface area contributed by atoms with E-state index in [0.717, 1.165) is 25.7 Å². The Balaban J connectivity index is 3.11. The summed E-state index contributed by atoms with van der Waals surface area (Å²) in [5.41, 5.74) is 0. The lowest BCUT2D eigenvalue weighted by Gasteiger charge is -2.05. The van der Waals surface area contributed by atoms with Crippen LogP contribution in [0.2, 0.25) is 0 Å². The molecule has 0 radical (unpaired) electrons. The van der Waals surface area contributed by atoms with Crippen molar-refractivity contribution >= 4 is 5.97 Å². The Bertz CT molecular complexity index is 337. The number of hydrogen-bond donors (Lipinski definition) is 0. The number of rotatable bonds is 24. The molecule has 0 aromatic heterocycles. The molecule has 0 aliphatic rings. The van der Waals surface area contributed by atoms with Gasteiger partial charge in [0.2, 0.25) is 0 Å². The minimum atomic E-state index is -0.00493. The van der Waals surface area contributed by atoms with Crippen LogP contribution in [0.4, 0.5) is 0 Å². The number of allylic oxidation sites excluding steroid dienone is 1. The molecule has 0 amide bonds. The molecular weight excluding hydrogens is 356 g/mol. The van der Waals surface area contributed by atoms with Crippen molar-refractivity contribution in [2.75, 3.05) is 6.61 Å². The minimum Gasteiger partial charge on any atom is -0.466 e. The first-order valence-corrected chi connectivity index (χ1v) is 13.1. The molecular formula is C27H52O2. The lowest BCUT2D eigenvalue weighted by Crippen LogP contribution is -2.05. The number of hydrogen-bond acceptors (Lipinski definition) is 2. The minimum absolute atomic E-state index is 0.00493. The molecule has 0 heterocycles. The molecule has 0 fully saturated rings. The van der Waals surface area contributed by atoms with Gasteiger partial charge in [-0.25, -0.2) is 0 Å². The van der Waals surface area contributed by atoms with Gasteiger partial charge in [-0.15, -0.1) is 6.58 Å². The van der Waals surface area contributed by atoms with Crippen molar-refractivity contribution in [3.05, 3.63) is 12.7 Å². The van der Waals surface area contributed by atoms with E-state index in [9.17, 15) is 4.79 Å². The van der Waals surface area contributed by atoms with E-state index >= 15 is 0 Å². The van der Waals surface area contributed by atoms with Crippen LogP contribution in [-0.4, -0.2) is 12.6 Å². The summed E-state index contributed by atoms with van der Waals surface area (Å²) in [7, 11) is 0. The smallest absolute Gasteiger partial charge is 0.305 e. The third-order valence-corrected chi connectivity index (χ3v) is 5.80. The van der Waals surface area contributed by atoms with Gasteiger partial charge in [-0.2, -0.15) is 0 Å². The Morgan fingerprint density at radius 1 is 0.621 bits per heavy atom. The quantitative estimate of drug-likeness (QED) is 0.0903. The van der Waals surface area contributed by atoms with E-state index in [1.165, 1.54) is 109 Å². The van der Waals surface area contributed by atoms with Crippen LogP contribution in [0, 0.1) is 0 Å². The number of esters is 1. The van der Waals surface area contributed by atoms with Crippen LogP contribution in [0.15, 0.2) is 12.7 Å². The predicted molar refractivity (Wildman–Crippen MR) is 128 cm³/mol. The SMILES string of the molecule is C=CCCCCCCC(=O)OCCCCCCCCCCCCCCCCCC. The van der Waals surface area contributed by atoms with Crippen molar-refractivity contribution in [1.29, 1.82) is 0 Å². The van der Waals surface area contributed by atoms with Crippen LogP contribution >= 0.6 is 0 Å². The third-order valence-electron chi connectivity index (χ3n) is 5.80. The fourth-order valence-electron chi connectivity index (χ4n) is 3.82. The molecule has 0 atom stereocenters. The van der Waals surface area contributed by atoms with Crippen molar-refractivity contribution in [1.82, 2.24) is 0 Å². The molecule has 2 nitrogen and oxygen atoms in total. The van der Waals surface area contributed by atoms with Gasteiger partial charge in [0.1, 0.15) is 0 Å². The van der Waals surface area contributed by atoms with Gasteiger partial charge < -0.3 is 4.74 Å². The monoisotopic (exact) mass is 408 g/mol. The molecule has 0 N–H and O–H groups in total. The van der Waals surface area contributed by atoms with Gasteiger partial charge in [-0.05, 0) is 25.7 Å². The molecule has 0 aromatic carbocycles. The summed E-state index contributed by atoms with van der Waals surface area (Å²) < 4.78 is 5.33. The highest BCUT2D eigenvalue weighted by atomic mass is 16.5. The van der Waals surface area contributed by atoms with Crippen molar-refractivity contribution in [3.63, 3.8) is 0 Å². The highest BCUT2D eigenvalue weighted by Gasteiger charge is 2.02. The Hall–Kier alpha value is -0.790. The number of unbranched alkanes of at least 4 members (excludes halogenated alkanes) is 19. The van der Waals surface area contributed by atoms with Gasteiger partial charge in [0.15, 0.2) is 0 Å². The third kappa shape index (κ3) is 25.2. The maximum Gasteiger partial charge on any atom is 0.305 e. The molecule has 172 valence electrons. The standard InChI is InChI=1S/C27H52O2/c1-3-5-7-9-11-12-13-14-15-16-17-18-19-20-22-24-26-29-27(28)25-23-21-10-8-6-4-2/h4H,2-3,5-26H2,1H3. The highest BCUT2D eigenvalue weighted by Crippen LogP contribution is 2.14. The van der Waals surface area contributed by atoms with Gasteiger partial charge in [0, 0.05) is 6.42 Å². The summed E-state index contributed by atoms with van der Waals surface area (Å²) in [5, 5.41) is 0. The van der Waals surface area contributed by atoms with Crippen molar-refractivity contribution in [3.8, 4) is 0 Å². The van der Waals surface area contributed by atoms with Crippen LogP contribution in [0.5, 0.6) is 0 Å². The lowest BCUT2D eigenvalue weighted by atomic mass is 10.0. The maximum atomic E-state index is 11.7. The summed E-state index contributed by atoms with van der Waals surface area (Å²) in [6.45, 7) is 6.63. The fraction of sp³-hybridized carbons (Fsp3) is 0.889. The highest BCUT2D eigenvalue weighted by molar-refractivity contribution is 5.69. The van der Waals surface area contributed by atoms with Crippen LogP contribution in [-0.2, 0) is 9.53 Å². The van der Waals surface area contributed by atoms with Crippen molar-refractivity contribution in [2.45, 2.75) is 148 Å². The van der Waals surface area contributed by atoms with Crippen LogP contribution in [0.1, 0.15) is 148 Å². The summed E-state index contributed by atoms with van der Waals surface area (Å²) in [4.78, 5) is 11.7. The molecule has 0 aliphatic carbocycles. The molecule has 0 aliphatic heterocycles. The molecule has 0 spiro atoms. The zero-order valence-corrected chi connectivity index (χ0v) is 19.9. The van der Waals surface area contributed by atoms with Crippen molar-refractivity contribution < 1.29 is 9.53 Å². The van der Waals surface area contributed by atoms with Gasteiger partial charge in [-0.3, -0.25) is 4.79 Å². The Labute approximate surface area is 183 Å². The first kappa shape index (κ1) is 28.2. The number of ether oxygens (including phenoxy) is 1. The second-order valence-electron chi connectivity index (χ2n) is 8.77. The average Bonchev–Trinajstić information content (AvgIpc) is 2.73.